The third kappa shape index (κ3) is 2.23. The normalized spacial score (nSPS) is 24.1. The molecule has 0 aromatic rings. The lowest BCUT2D eigenvalue weighted by atomic mass is 10.2. The van der Waals surface area contributed by atoms with Crippen molar-refractivity contribution in [3.05, 3.63) is 11.8 Å². The lowest BCUT2D eigenvalue weighted by Gasteiger charge is -2.12. The van der Waals surface area contributed by atoms with Crippen LogP contribution in [0, 0.1) is 0 Å². The average Bonchev–Trinajstić information content (AvgIpc) is 2.51. The number of carbonyl (C=O) groups excluding carboxylic acids is 1. The molecule has 0 spiro atoms. The summed E-state index contributed by atoms with van der Waals surface area (Å²) in [6, 6.07) is 0.240. The number of allylic oxidation sites excluding steroid dienone is 1. The molecule has 0 aromatic heterocycles. The molecule has 0 radical (unpaired) electrons. The topological polar surface area (TPSA) is 64.3 Å². The van der Waals surface area contributed by atoms with Gasteiger partial charge in [0.15, 0.2) is 0 Å². The van der Waals surface area contributed by atoms with Gasteiger partial charge in [-0.05, 0) is 13.3 Å². The van der Waals surface area contributed by atoms with Gasteiger partial charge in [0.25, 0.3) is 5.91 Å². The quantitative estimate of drug-likeness (QED) is 0.574. The zero-order valence-electron chi connectivity index (χ0n) is 7.17. The first kappa shape index (κ1) is 9.06. The Labute approximate surface area is 71.8 Å². The van der Waals surface area contributed by atoms with Crippen LogP contribution in [0.15, 0.2) is 11.8 Å². The molecule has 1 aliphatic rings. The maximum atomic E-state index is 10.8. The first-order chi connectivity index (χ1) is 5.74. The molecule has 0 aromatic carbocycles. The summed E-state index contributed by atoms with van der Waals surface area (Å²) >= 11 is 0. The van der Waals surface area contributed by atoms with Crippen molar-refractivity contribution >= 4 is 5.91 Å². The van der Waals surface area contributed by atoms with Gasteiger partial charge < -0.3 is 15.8 Å². The highest BCUT2D eigenvalue weighted by molar-refractivity contribution is 5.91. The van der Waals surface area contributed by atoms with Gasteiger partial charge in [0.2, 0.25) is 0 Å². The average molecular weight is 170 g/mol. The standard InChI is InChI=1S/C8H14N2O2/c1-2-7(8(9)11)10-6-3-4-12-5-6/h2,6,10H,3-5H2,1H3,(H2,9,11). The molecule has 68 valence electrons. The summed E-state index contributed by atoms with van der Waals surface area (Å²) in [6.07, 6.45) is 2.62. The lowest BCUT2D eigenvalue weighted by molar-refractivity contribution is -0.115. The van der Waals surface area contributed by atoms with Crippen LogP contribution in [0.1, 0.15) is 13.3 Å². The van der Waals surface area contributed by atoms with E-state index < -0.39 is 5.91 Å². The predicted octanol–water partition coefficient (Wildman–Crippen LogP) is -0.246. The van der Waals surface area contributed by atoms with Gasteiger partial charge in [-0.15, -0.1) is 0 Å². The highest BCUT2D eigenvalue weighted by Crippen LogP contribution is 2.05. The van der Waals surface area contributed by atoms with Gasteiger partial charge in [-0.3, -0.25) is 4.79 Å². The monoisotopic (exact) mass is 170 g/mol. The van der Waals surface area contributed by atoms with E-state index in [2.05, 4.69) is 5.32 Å². The Balaban J connectivity index is 2.42. The summed E-state index contributed by atoms with van der Waals surface area (Å²) in [7, 11) is 0. The Morgan fingerprint density at radius 2 is 2.50 bits per heavy atom. The maximum Gasteiger partial charge on any atom is 0.264 e. The van der Waals surface area contributed by atoms with Crippen molar-refractivity contribution in [3.8, 4) is 0 Å². The van der Waals surface area contributed by atoms with Crippen molar-refractivity contribution in [2.75, 3.05) is 13.2 Å². The molecule has 1 fully saturated rings. The van der Waals surface area contributed by atoms with E-state index >= 15 is 0 Å². The number of nitrogens with two attached hydrogens (primary N) is 1. The number of rotatable bonds is 3. The van der Waals surface area contributed by atoms with Gasteiger partial charge in [0.05, 0.1) is 18.3 Å². The van der Waals surface area contributed by atoms with Crippen LogP contribution in [0.4, 0.5) is 0 Å². The van der Waals surface area contributed by atoms with Crippen LogP contribution in [0.2, 0.25) is 0 Å². The molecular formula is C8H14N2O2. The predicted molar refractivity (Wildman–Crippen MR) is 45.3 cm³/mol. The van der Waals surface area contributed by atoms with Crippen LogP contribution in [0.5, 0.6) is 0 Å². The molecule has 1 atom stereocenters. The fraction of sp³-hybridized carbons (Fsp3) is 0.625. The molecule has 1 unspecified atom stereocenters. The number of hydrogen-bond donors (Lipinski definition) is 2. The summed E-state index contributed by atoms with van der Waals surface area (Å²) < 4.78 is 5.14. The molecule has 3 N–H and O–H groups in total. The largest absolute Gasteiger partial charge is 0.379 e. The van der Waals surface area contributed by atoms with E-state index in [4.69, 9.17) is 10.5 Å². The van der Waals surface area contributed by atoms with Crippen molar-refractivity contribution < 1.29 is 9.53 Å². The van der Waals surface area contributed by atoms with Crippen molar-refractivity contribution in [1.29, 1.82) is 0 Å². The van der Waals surface area contributed by atoms with Gasteiger partial charge in [0.1, 0.15) is 0 Å². The van der Waals surface area contributed by atoms with Crippen LogP contribution in [0.25, 0.3) is 0 Å². The van der Waals surface area contributed by atoms with Crippen molar-refractivity contribution in [2.45, 2.75) is 19.4 Å². The molecule has 0 saturated carbocycles. The summed E-state index contributed by atoms with van der Waals surface area (Å²) in [4.78, 5) is 10.8. The first-order valence-corrected chi connectivity index (χ1v) is 4.04. The Morgan fingerprint density at radius 1 is 1.75 bits per heavy atom. The molecule has 0 bridgehead atoms. The summed E-state index contributed by atoms with van der Waals surface area (Å²) in [5, 5.41) is 3.03. The van der Waals surface area contributed by atoms with Crippen molar-refractivity contribution in [1.82, 2.24) is 5.32 Å². The van der Waals surface area contributed by atoms with E-state index in [1.807, 2.05) is 0 Å². The minimum Gasteiger partial charge on any atom is -0.379 e. The van der Waals surface area contributed by atoms with Gasteiger partial charge >= 0.3 is 0 Å². The summed E-state index contributed by atoms with van der Waals surface area (Å²) in [5.74, 6) is -0.413. The zero-order valence-corrected chi connectivity index (χ0v) is 7.17. The molecule has 4 heteroatoms. The number of primary amides is 1. The Hall–Kier alpha value is -1.03. The molecule has 1 saturated heterocycles. The van der Waals surface area contributed by atoms with Crippen molar-refractivity contribution in [2.24, 2.45) is 5.73 Å². The van der Waals surface area contributed by atoms with Gasteiger partial charge in [-0.2, -0.15) is 0 Å². The molecular weight excluding hydrogens is 156 g/mol. The first-order valence-electron chi connectivity index (χ1n) is 4.04. The highest BCUT2D eigenvalue weighted by Gasteiger charge is 2.17. The van der Waals surface area contributed by atoms with Gasteiger partial charge in [0, 0.05) is 6.61 Å². The Morgan fingerprint density at radius 3 is 2.92 bits per heavy atom. The third-order valence-electron chi connectivity index (χ3n) is 1.84. The summed E-state index contributed by atoms with van der Waals surface area (Å²) in [6.45, 7) is 3.20. The number of ether oxygens (including phenoxy) is 1. The van der Waals surface area contributed by atoms with Crippen LogP contribution < -0.4 is 11.1 Å². The molecule has 12 heavy (non-hydrogen) atoms. The number of hydrogen-bond acceptors (Lipinski definition) is 3. The van der Waals surface area contributed by atoms with E-state index in [0.29, 0.717) is 12.3 Å². The minimum absolute atomic E-state index is 0.240. The highest BCUT2D eigenvalue weighted by atomic mass is 16.5. The maximum absolute atomic E-state index is 10.8. The number of amides is 1. The number of nitrogens with one attached hydrogen (secondary N) is 1. The fourth-order valence-corrected chi connectivity index (χ4v) is 1.16. The minimum atomic E-state index is -0.413. The second kappa shape index (κ2) is 4.11. The third-order valence-corrected chi connectivity index (χ3v) is 1.84. The van der Waals surface area contributed by atoms with Gasteiger partial charge in [-0.1, -0.05) is 6.08 Å². The van der Waals surface area contributed by atoms with Crippen molar-refractivity contribution in [3.63, 3.8) is 0 Å². The molecule has 0 aliphatic carbocycles. The lowest BCUT2D eigenvalue weighted by Crippen LogP contribution is -2.34. The van der Waals surface area contributed by atoms with Crippen LogP contribution >= 0.6 is 0 Å². The number of carbonyl (C=O) groups is 1. The second-order valence-electron chi connectivity index (χ2n) is 2.77. The summed E-state index contributed by atoms with van der Waals surface area (Å²) in [5.41, 5.74) is 5.59. The molecule has 1 amide bonds. The SMILES string of the molecule is CC=C(NC1CCOC1)C(N)=O. The van der Waals surface area contributed by atoms with Gasteiger partial charge in [-0.25, -0.2) is 0 Å². The smallest absolute Gasteiger partial charge is 0.264 e. The molecule has 1 rings (SSSR count). The van der Waals surface area contributed by atoms with E-state index in [0.717, 1.165) is 13.0 Å². The second-order valence-corrected chi connectivity index (χ2v) is 2.77. The zero-order chi connectivity index (χ0) is 8.97. The molecule has 4 nitrogen and oxygen atoms in total. The van der Waals surface area contributed by atoms with E-state index in [1.165, 1.54) is 0 Å². The van der Waals surface area contributed by atoms with E-state index in [9.17, 15) is 4.79 Å². The Bertz CT molecular complexity index is 195. The van der Waals surface area contributed by atoms with E-state index in [-0.39, 0.29) is 6.04 Å². The van der Waals surface area contributed by atoms with Crippen LogP contribution in [0.3, 0.4) is 0 Å². The van der Waals surface area contributed by atoms with Crippen LogP contribution in [-0.4, -0.2) is 25.2 Å². The Kier molecular flexibility index (Phi) is 3.10. The van der Waals surface area contributed by atoms with E-state index in [1.54, 1.807) is 13.0 Å². The fourth-order valence-electron chi connectivity index (χ4n) is 1.16. The molecule has 1 aliphatic heterocycles. The molecule has 1 heterocycles. The van der Waals surface area contributed by atoms with Crippen LogP contribution in [-0.2, 0) is 9.53 Å².